The first kappa shape index (κ1) is 21.2. The third-order valence-electron chi connectivity index (χ3n) is 3.63. The summed E-state index contributed by atoms with van der Waals surface area (Å²) in [6, 6.07) is 9.55. The molecule has 9 nitrogen and oxygen atoms in total. The summed E-state index contributed by atoms with van der Waals surface area (Å²) in [5.74, 6) is 0.537. The average molecular weight is 452 g/mol. The third-order valence-corrected chi connectivity index (χ3v) is 4.12. The van der Waals surface area contributed by atoms with Crippen molar-refractivity contribution in [1.29, 1.82) is 0 Å². The molecule has 0 fully saturated rings. The summed E-state index contributed by atoms with van der Waals surface area (Å²) in [6.07, 6.45) is 0. The van der Waals surface area contributed by atoms with Gasteiger partial charge >= 0.3 is 5.69 Å². The Morgan fingerprint density at radius 3 is 2.46 bits per heavy atom. The minimum Gasteiger partial charge on any atom is -0.493 e. The molecule has 0 bridgehead atoms. The van der Waals surface area contributed by atoms with Gasteiger partial charge in [0, 0.05) is 16.1 Å². The van der Waals surface area contributed by atoms with E-state index in [4.69, 9.17) is 14.2 Å². The Morgan fingerprint density at radius 2 is 1.82 bits per heavy atom. The van der Waals surface area contributed by atoms with Gasteiger partial charge in [-0.3, -0.25) is 14.9 Å². The molecule has 0 atom stereocenters. The number of amides is 1. The van der Waals surface area contributed by atoms with Crippen molar-refractivity contribution in [3.8, 4) is 17.2 Å². The molecule has 1 N–H and O–H groups in total. The predicted octanol–water partition coefficient (Wildman–Crippen LogP) is 3.29. The van der Waals surface area contributed by atoms with Gasteiger partial charge in [0.2, 0.25) is 0 Å². The van der Waals surface area contributed by atoms with Gasteiger partial charge in [-0.15, -0.1) is 0 Å². The number of hydrazone groups is 1. The molecule has 0 spiro atoms. The fourth-order valence-electron chi connectivity index (χ4n) is 2.20. The second kappa shape index (κ2) is 9.70. The van der Waals surface area contributed by atoms with Crippen LogP contribution in [0.5, 0.6) is 17.2 Å². The maximum Gasteiger partial charge on any atom is 0.311 e. The zero-order chi connectivity index (χ0) is 20.7. The van der Waals surface area contributed by atoms with E-state index in [0.29, 0.717) is 22.8 Å². The van der Waals surface area contributed by atoms with Gasteiger partial charge in [0.25, 0.3) is 5.91 Å². The molecular formula is C18H18BrN3O6. The molecule has 1 amide bonds. The van der Waals surface area contributed by atoms with Crippen LogP contribution in [0.25, 0.3) is 0 Å². The number of nitro groups is 1. The lowest BCUT2D eigenvalue weighted by atomic mass is 10.1. The van der Waals surface area contributed by atoms with Crippen molar-refractivity contribution >= 4 is 33.2 Å². The van der Waals surface area contributed by atoms with E-state index in [1.54, 1.807) is 31.2 Å². The molecule has 0 saturated heterocycles. The Morgan fingerprint density at radius 1 is 1.14 bits per heavy atom. The normalized spacial score (nSPS) is 10.9. The molecule has 0 aliphatic heterocycles. The largest absolute Gasteiger partial charge is 0.493 e. The van der Waals surface area contributed by atoms with E-state index in [1.165, 1.54) is 26.4 Å². The number of benzene rings is 2. The number of rotatable bonds is 8. The summed E-state index contributed by atoms with van der Waals surface area (Å²) in [4.78, 5) is 22.5. The fraction of sp³-hybridized carbons (Fsp3) is 0.222. The molecule has 0 unspecified atom stereocenters. The highest BCUT2D eigenvalue weighted by atomic mass is 79.9. The molecule has 0 aliphatic rings. The Kier molecular flexibility index (Phi) is 7.33. The highest BCUT2D eigenvalue weighted by Crippen LogP contribution is 2.30. The SMILES string of the molecule is COc1cc(Br)ccc1OCC(=O)N/N=C(/C)c1ccc(OC)c([N+](=O)[O-])c1. The van der Waals surface area contributed by atoms with Gasteiger partial charge in [0.15, 0.2) is 23.9 Å². The topological polar surface area (TPSA) is 112 Å². The van der Waals surface area contributed by atoms with E-state index in [9.17, 15) is 14.9 Å². The van der Waals surface area contributed by atoms with Crippen molar-refractivity contribution in [2.75, 3.05) is 20.8 Å². The molecule has 0 aliphatic carbocycles. The number of nitrogens with one attached hydrogen (secondary N) is 1. The summed E-state index contributed by atoms with van der Waals surface area (Å²) in [5, 5.41) is 15.1. The van der Waals surface area contributed by atoms with Crippen molar-refractivity contribution < 1.29 is 23.9 Å². The van der Waals surface area contributed by atoms with Crippen molar-refractivity contribution in [2.45, 2.75) is 6.92 Å². The van der Waals surface area contributed by atoms with Gasteiger partial charge < -0.3 is 14.2 Å². The van der Waals surface area contributed by atoms with Gasteiger partial charge in [0.05, 0.1) is 24.9 Å². The molecule has 2 aromatic rings. The third kappa shape index (κ3) is 5.43. The minimum absolute atomic E-state index is 0.141. The van der Waals surface area contributed by atoms with Gasteiger partial charge in [-0.05, 0) is 37.3 Å². The minimum atomic E-state index is -0.548. The second-order valence-corrected chi connectivity index (χ2v) is 6.38. The van der Waals surface area contributed by atoms with Crippen LogP contribution in [0.15, 0.2) is 46.0 Å². The molecule has 0 saturated carbocycles. The van der Waals surface area contributed by atoms with Crippen LogP contribution in [0, 0.1) is 10.1 Å². The van der Waals surface area contributed by atoms with Gasteiger partial charge in [-0.2, -0.15) is 5.10 Å². The van der Waals surface area contributed by atoms with Crippen LogP contribution in [-0.2, 0) is 4.79 Å². The Balaban J connectivity index is 2.02. The number of carbonyl (C=O) groups is 1. The van der Waals surface area contributed by atoms with Gasteiger partial charge in [0.1, 0.15) is 0 Å². The molecule has 2 rings (SSSR count). The maximum atomic E-state index is 12.0. The molecule has 10 heteroatoms. The number of hydrogen-bond donors (Lipinski definition) is 1. The van der Waals surface area contributed by atoms with E-state index in [-0.39, 0.29) is 18.0 Å². The highest BCUT2D eigenvalue weighted by molar-refractivity contribution is 9.10. The molecule has 0 heterocycles. The standard InChI is InChI=1S/C18H18BrN3O6/c1-11(12-4-6-15(26-2)14(8-12)22(24)25)20-21-18(23)10-28-16-7-5-13(19)9-17(16)27-3/h4-9H,10H2,1-3H3,(H,21,23)/b20-11-. The van der Waals surface area contributed by atoms with Crippen LogP contribution >= 0.6 is 15.9 Å². The van der Waals surface area contributed by atoms with Gasteiger partial charge in [-0.1, -0.05) is 15.9 Å². The smallest absolute Gasteiger partial charge is 0.311 e. The zero-order valence-corrected chi connectivity index (χ0v) is 17.0. The molecule has 2 aromatic carbocycles. The second-order valence-electron chi connectivity index (χ2n) is 5.46. The number of nitrogens with zero attached hydrogens (tertiary/aromatic N) is 2. The number of methoxy groups -OCH3 is 2. The van der Waals surface area contributed by atoms with Crippen molar-refractivity contribution in [3.05, 3.63) is 56.5 Å². The summed E-state index contributed by atoms with van der Waals surface area (Å²) in [5.41, 5.74) is 3.03. The van der Waals surface area contributed by atoms with Crippen LogP contribution < -0.4 is 19.6 Å². The highest BCUT2D eigenvalue weighted by Gasteiger charge is 2.16. The van der Waals surface area contributed by atoms with Crippen molar-refractivity contribution in [1.82, 2.24) is 5.43 Å². The van der Waals surface area contributed by atoms with E-state index in [2.05, 4.69) is 26.5 Å². The lowest BCUT2D eigenvalue weighted by Gasteiger charge is -2.10. The summed E-state index contributed by atoms with van der Waals surface area (Å²) >= 11 is 3.32. The van der Waals surface area contributed by atoms with Crippen LogP contribution in [0.4, 0.5) is 5.69 Å². The molecule has 0 radical (unpaired) electrons. The molecule has 28 heavy (non-hydrogen) atoms. The number of hydrogen-bond acceptors (Lipinski definition) is 7. The monoisotopic (exact) mass is 451 g/mol. The van der Waals surface area contributed by atoms with E-state index in [1.807, 2.05) is 0 Å². The first-order chi connectivity index (χ1) is 13.3. The number of ether oxygens (including phenoxy) is 3. The summed E-state index contributed by atoms with van der Waals surface area (Å²) in [6.45, 7) is 1.34. The Hall–Kier alpha value is -3.14. The number of halogens is 1. The summed E-state index contributed by atoms with van der Waals surface area (Å²) < 4.78 is 16.4. The lowest BCUT2D eigenvalue weighted by molar-refractivity contribution is -0.385. The first-order valence-electron chi connectivity index (χ1n) is 7.98. The van der Waals surface area contributed by atoms with Crippen LogP contribution in [0.1, 0.15) is 12.5 Å². The lowest BCUT2D eigenvalue weighted by Crippen LogP contribution is -2.25. The van der Waals surface area contributed by atoms with Gasteiger partial charge in [-0.25, -0.2) is 5.43 Å². The van der Waals surface area contributed by atoms with E-state index >= 15 is 0 Å². The maximum absolute atomic E-state index is 12.0. The zero-order valence-electron chi connectivity index (χ0n) is 15.4. The first-order valence-corrected chi connectivity index (χ1v) is 8.77. The average Bonchev–Trinajstić information content (AvgIpc) is 2.70. The van der Waals surface area contributed by atoms with E-state index < -0.39 is 10.8 Å². The van der Waals surface area contributed by atoms with E-state index in [0.717, 1.165) is 4.47 Å². The fourth-order valence-corrected chi connectivity index (χ4v) is 2.54. The number of nitro benzene ring substituents is 1. The molecule has 148 valence electrons. The Labute approximate surface area is 169 Å². The van der Waals surface area contributed by atoms with Crippen LogP contribution in [0.3, 0.4) is 0 Å². The van der Waals surface area contributed by atoms with Crippen LogP contribution in [-0.4, -0.2) is 37.4 Å². The number of carbonyl (C=O) groups excluding carboxylic acids is 1. The van der Waals surface area contributed by atoms with Crippen molar-refractivity contribution in [3.63, 3.8) is 0 Å². The molecule has 0 aromatic heterocycles. The summed E-state index contributed by atoms with van der Waals surface area (Å²) in [7, 11) is 2.85. The van der Waals surface area contributed by atoms with Crippen molar-refractivity contribution in [2.24, 2.45) is 5.10 Å². The Bertz CT molecular complexity index is 916. The predicted molar refractivity (Wildman–Crippen MR) is 106 cm³/mol. The van der Waals surface area contributed by atoms with Crippen LogP contribution in [0.2, 0.25) is 0 Å². The molecular weight excluding hydrogens is 434 g/mol. The quantitative estimate of drug-likeness (QED) is 0.374.